The van der Waals surface area contributed by atoms with Gasteiger partial charge in [0.2, 0.25) is 0 Å². The first kappa shape index (κ1) is 11.8. The molecule has 0 radical (unpaired) electrons. The average Bonchev–Trinajstić information content (AvgIpc) is 2.81. The fourth-order valence-corrected chi connectivity index (χ4v) is 0.908. The average molecular weight is 212 g/mol. The van der Waals surface area contributed by atoms with Crippen LogP contribution in [-0.4, -0.2) is 17.5 Å². The van der Waals surface area contributed by atoms with E-state index in [0.29, 0.717) is 0 Å². The maximum atomic E-state index is 11.1. The first-order chi connectivity index (χ1) is 6.88. The Balaban J connectivity index is 2.24. The number of hydrogen-bond acceptors (Lipinski definition) is 4. The summed E-state index contributed by atoms with van der Waals surface area (Å²) in [5, 5.41) is 0. The van der Waals surface area contributed by atoms with E-state index in [9.17, 15) is 9.59 Å². The van der Waals surface area contributed by atoms with Gasteiger partial charge in [-0.3, -0.25) is 4.79 Å². The quantitative estimate of drug-likeness (QED) is 0.406. The molecule has 0 aromatic carbocycles. The highest BCUT2D eigenvalue weighted by molar-refractivity contribution is 5.83. The van der Waals surface area contributed by atoms with Gasteiger partial charge >= 0.3 is 11.9 Å². The van der Waals surface area contributed by atoms with Gasteiger partial charge in [-0.15, -0.1) is 0 Å². The van der Waals surface area contributed by atoms with Crippen molar-refractivity contribution in [3.8, 4) is 0 Å². The second-order valence-corrected chi connectivity index (χ2v) is 4.55. The SMILES string of the molecule is CC(C)(C)OC(=O)/C=C/OC(=O)C1CC1. The van der Waals surface area contributed by atoms with Gasteiger partial charge in [0.1, 0.15) is 11.9 Å². The molecular weight excluding hydrogens is 196 g/mol. The van der Waals surface area contributed by atoms with E-state index in [4.69, 9.17) is 9.47 Å². The summed E-state index contributed by atoms with van der Waals surface area (Å²) in [6, 6.07) is 0. The maximum Gasteiger partial charge on any atom is 0.334 e. The number of esters is 2. The van der Waals surface area contributed by atoms with Crippen LogP contribution in [0.1, 0.15) is 33.6 Å². The molecule has 0 bridgehead atoms. The molecule has 0 atom stereocenters. The summed E-state index contributed by atoms with van der Waals surface area (Å²) in [5.41, 5.74) is -0.526. The number of carbonyl (C=O) groups is 2. The van der Waals surface area contributed by atoms with Gasteiger partial charge < -0.3 is 9.47 Å². The second kappa shape index (κ2) is 4.47. The molecule has 1 aliphatic carbocycles. The Bertz CT molecular complexity index is 281. The molecule has 84 valence electrons. The van der Waals surface area contributed by atoms with Gasteiger partial charge in [-0.05, 0) is 33.6 Å². The largest absolute Gasteiger partial charge is 0.457 e. The predicted molar refractivity (Wildman–Crippen MR) is 53.8 cm³/mol. The van der Waals surface area contributed by atoms with E-state index in [1.54, 1.807) is 20.8 Å². The fraction of sp³-hybridized carbons (Fsp3) is 0.636. The molecule has 0 aromatic rings. The van der Waals surface area contributed by atoms with E-state index in [1.807, 2.05) is 0 Å². The van der Waals surface area contributed by atoms with E-state index in [-0.39, 0.29) is 11.9 Å². The lowest BCUT2D eigenvalue weighted by Crippen LogP contribution is -2.22. The van der Waals surface area contributed by atoms with E-state index in [1.165, 1.54) is 0 Å². The van der Waals surface area contributed by atoms with Gasteiger partial charge in [0.05, 0.1) is 12.0 Å². The van der Waals surface area contributed by atoms with Crippen LogP contribution in [0.15, 0.2) is 12.3 Å². The van der Waals surface area contributed by atoms with Crippen LogP contribution in [0.4, 0.5) is 0 Å². The number of rotatable bonds is 3. The molecule has 1 saturated carbocycles. The molecule has 1 fully saturated rings. The van der Waals surface area contributed by atoms with Crippen molar-refractivity contribution in [1.29, 1.82) is 0 Å². The zero-order chi connectivity index (χ0) is 11.5. The summed E-state index contributed by atoms with van der Waals surface area (Å²) in [5.74, 6) is -0.741. The molecule has 0 N–H and O–H groups in total. The van der Waals surface area contributed by atoms with Crippen LogP contribution < -0.4 is 0 Å². The van der Waals surface area contributed by atoms with Gasteiger partial charge in [-0.2, -0.15) is 0 Å². The first-order valence-electron chi connectivity index (χ1n) is 4.98. The topological polar surface area (TPSA) is 52.6 Å². The summed E-state index contributed by atoms with van der Waals surface area (Å²) in [7, 11) is 0. The third-order valence-corrected chi connectivity index (χ3v) is 1.71. The van der Waals surface area contributed by atoms with Crippen molar-refractivity contribution in [1.82, 2.24) is 0 Å². The van der Waals surface area contributed by atoms with Gasteiger partial charge in [-0.1, -0.05) is 0 Å². The maximum absolute atomic E-state index is 11.1. The molecule has 4 nitrogen and oxygen atoms in total. The molecule has 0 spiro atoms. The van der Waals surface area contributed by atoms with Crippen LogP contribution in [0.2, 0.25) is 0 Å². The van der Waals surface area contributed by atoms with E-state index >= 15 is 0 Å². The first-order valence-corrected chi connectivity index (χ1v) is 4.98. The third kappa shape index (κ3) is 5.20. The summed E-state index contributed by atoms with van der Waals surface area (Å²) in [6.07, 6.45) is 3.98. The number of hydrogen-bond donors (Lipinski definition) is 0. The third-order valence-electron chi connectivity index (χ3n) is 1.71. The van der Waals surface area contributed by atoms with Crippen molar-refractivity contribution in [3.63, 3.8) is 0 Å². The van der Waals surface area contributed by atoms with Crippen molar-refractivity contribution in [2.75, 3.05) is 0 Å². The van der Waals surface area contributed by atoms with Crippen molar-refractivity contribution >= 4 is 11.9 Å². The van der Waals surface area contributed by atoms with Crippen LogP contribution >= 0.6 is 0 Å². The van der Waals surface area contributed by atoms with Crippen molar-refractivity contribution in [2.45, 2.75) is 39.2 Å². The summed E-state index contributed by atoms with van der Waals surface area (Å²) < 4.78 is 9.71. The summed E-state index contributed by atoms with van der Waals surface area (Å²) >= 11 is 0. The Morgan fingerprint density at radius 1 is 1.27 bits per heavy atom. The molecule has 1 aliphatic rings. The molecule has 0 saturated heterocycles. The van der Waals surface area contributed by atoms with Crippen LogP contribution in [-0.2, 0) is 19.1 Å². The van der Waals surface area contributed by atoms with Gasteiger partial charge in [0, 0.05) is 0 Å². The molecule has 4 heteroatoms. The molecule has 0 aliphatic heterocycles. The van der Waals surface area contributed by atoms with E-state index in [2.05, 4.69) is 0 Å². The van der Waals surface area contributed by atoms with Crippen molar-refractivity contribution in [3.05, 3.63) is 12.3 Å². The van der Waals surface area contributed by atoms with Crippen LogP contribution in [0, 0.1) is 5.92 Å². The van der Waals surface area contributed by atoms with Crippen molar-refractivity contribution in [2.24, 2.45) is 5.92 Å². The second-order valence-electron chi connectivity index (χ2n) is 4.55. The van der Waals surface area contributed by atoms with Gasteiger partial charge in [0.25, 0.3) is 0 Å². The minimum atomic E-state index is -0.526. The van der Waals surface area contributed by atoms with Crippen LogP contribution in [0.5, 0.6) is 0 Å². The molecule has 0 aromatic heterocycles. The highest BCUT2D eigenvalue weighted by Crippen LogP contribution is 2.30. The number of carbonyl (C=O) groups excluding carboxylic acids is 2. The Morgan fingerprint density at radius 3 is 2.33 bits per heavy atom. The van der Waals surface area contributed by atoms with E-state index in [0.717, 1.165) is 25.2 Å². The molecule has 15 heavy (non-hydrogen) atoms. The Morgan fingerprint density at radius 2 is 1.87 bits per heavy atom. The van der Waals surface area contributed by atoms with Crippen LogP contribution in [0.25, 0.3) is 0 Å². The van der Waals surface area contributed by atoms with Crippen molar-refractivity contribution < 1.29 is 19.1 Å². The normalized spacial score (nSPS) is 16.5. The highest BCUT2D eigenvalue weighted by atomic mass is 16.6. The lowest BCUT2D eigenvalue weighted by atomic mass is 10.2. The van der Waals surface area contributed by atoms with E-state index < -0.39 is 11.6 Å². The minimum absolute atomic E-state index is 0.0355. The summed E-state index contributed by atoms with van der Waals surface area (Å²) in [4.78, 5) is 22.2. The molecule has 0 amide bonds. The molecule has 0 unspecified atom stereocenters. The highest BCUT2D eigenvalue weighted by Gasteiger charge is 2.30. The Kier molecular flexibility index (Phi) is 3.50. The van der Waals surface area contributed by atoms with Crippen LogP contribution in [0.3, 0.4) is 0 Å². The standard InChI is InChI=1S/C11H16O4/c1-11(2,3)15-9(12)6-7-14-10(13)8-4-5-8/h6-8H,4-5H2,1-3H3/b7-6+. The Labute approximate surface area is 89.2 Å². The fourth-order valence-electron chi connectivity index (χ4n) is 0.908. The monoisotopic (exact) mass is 212 g/mol. The van der Waals surface area contributed by atoms with Gasteiger partial charge in [0.15, 0.2) is 0 Å². The zero-order valence-corrected chi connectivity index (χ0v) is 9.28. The lowest BCUT2D eigenvalue weighted by molar-refractivity contribution is -0.148. The molecular formula is C11H16O4. The lowest BCUT2D eigenvalue weighted by Gasteiger charge is -2.17. The molecule has 0 heterocycles. The smallest absolute Gasteiger partial charge is 0.334 e. The predicted octanol–water partition coefficient (Wildman–Crippen LogP) is 1.79. The molecule has 1 rings (SSSR count). The number of ether oxygens (including phenoxy) is 2. The minimum Gasteiger partial charge on any atom is -0.457 e. The summed E-state index contributed by atoms with van der Waals surface area (Å²) in [6.45, 7) is 5.32. The Hall–Kier alpha value is -1.32. The zero-order valence-electron chi connectivity index (χ0n) is 9.28. The van der Waals surface area contributed by atoms with Gasteiger partial charge in [-0.25, -0.2) is 4.79 Å².